The topological polar surface area (TPSA) is 69.5 Å². The first-order valence-electron chi connectivity index (χ1n) is 12.0. The SMILES string of the molecule is CN1CCN(c2ccc(Nc3ncc4c(F)c(C(=O)N(C)C)n(C5CCCC5)c4n3)cc2)CC1. The molecule has 0 atom stereocenters. The number of carbonyl (C=O) groups excluding carboxylic acids is 1. The first-order valence-corrected chi connectivity index (χ1v) is 12.0. The van der Waals surface area contributed by atoms with Gasteiger partial charge in [-0.3, -0.25) is 4.79 Å². The van der Waals surface area contributed by atoms with E-state index in [0.29, 0.717) is 11.6 Å². The van der Waals surface area contributed by atoms with E-state index < -0.39 is 5.82 Å². The Balaban J connectivity index is 1.44. The lowest BCUT2D eigenvalue weighted by atomic mass is 10.2. The summed E-state index contributed by atoms with van der Waals surface area (Å²) in [5, 5.41) is 3.54. The molecule has 1 amide bonds. The number of piperazine rings is 1. The maximum atomic E-state index is 15.4. The molecule has 8 nitrogen and oxygen atoms in total. The van der Waals surface area contributed by atoms with E-state index in [1.54, 1.807) is 14.1 Å². The van der Waals surface area contributed by atoms with E-state index in [1.165, 1.54) is 16.8 Å². The summed E-state index contributed by atoms with van der Waals surface area (Å²) in [6, 6.07) is 8.29. The fourth-order valence-electron chi connectivity index (χ4n) is 4.99. The molecule has 1 aliphatic heterocycles. The van der Waals surface area contributed by atoms with Gasteiger partial charge >= 0.3 is 0 Å². The highest BCUT2D eigenvalue weighted by Gasteiger charge is 2.31. The number of rotatable bonds is 5. The van der Waals surface area contributed by atoms with Gasteiger partial charge in [-0.1, -0.05) is 12.8 Å². The van der Waals surface area contributed by atoms with Crippen LogP contribution in [0, 0.1) is 5.82 Å². The number of carbonyl (C=O) groups is 1. The van der Waals surface area contributed by atoms with Crippen LogP contribution in [0.5, 0.6) is 0 Å². The standard InChI is InChI=1S/C25H32FN7O/c1-30(2)24(34)22-21(26)20-16-27-25(29-23(20)33(22)19-6-4-5-7-19)28-17-8-10-18(11-9-17)32-14-12-31(3)13-15-32/h8-11,16,19H,4-7,12-15H2,1-3H3,(H,27,28,29). The quantitative estimate of drug-likeness (QED) is 0.617. The van der Waals surface area contributed by atoms with Crippen LogP contribution < -0.4 is 10.2 Å². The van der Waals surface area contributed by atoms with Crippen molar-refractivity contribution in [2.75, 3.05) is 57.5 Å². The molecular weight excluding hydrogens is 433 g/mol. The van der Waals surface area contributed by atoms with Crippen LogP contribution in [-0.4, -0.2) is 77.6 Å². The van der Waals surface area contributed by atoms with Crippen molar-refractivity contribution >= 4 is 34.3 Å². The van der Waals surface area contributed by atoms with Crippen LogP contribution in [0.15, 0.2) is 30.5 Å². The number of amides is 1. The van der Waals surface area contributed by atoms with Gasteiger partial charge in [-0.05, 0) is 44.2 Å². The van der Waals surface area contributed by atoms with Gasteiger partial charge in [-0.15, -0.1) is 0 Å². The van der Waals surface area contributed by atoms with Gasteiger partial charge in [-0.2, -0.15) is 4.98 Å². The molecule has 1 aromatic carbocycles. The second kappa shape index (κ2) is 9.21. The minimum Gasteiger partial charge on any atom is -0.369 e. The zero-order valence-corrected chi connectivity index (χ0v) is 20.1. The maximum Gasteiger partial charge on any atom is 0.273 e. The molecule has 2 aromatic heterocycles. The molecule has 180 valence electrons. The molecule has 34 heavy (non-hydrogen) atoms. The van der Waals surface area contributed by atoms with E-state index >= 15 is 4.39 Å². The molecule has 0 bridgehead atoms. The van der Waals surface area contributed by atoms with Crippen molar-refractivity contribution in [1.29, 1.82) is 0 Å². The number of anilines is 3. The monoisotopic (exact) mass is 465 g/mol. The highest BCUT2D eigenvalue weighted by atomic mass is 19.1. The number of nitrogens with one attached hydrogen (secondary N) is 1. The van der Waals surface area contributed by atoms with Crippen molar-refractivity contribution in [2.24, 2.45) is 0 Å². The molecule has 5 rings (SSSR count). The van der Waals surface area contributed by atoms with Gasteiger partial charge < -0.3 is 24.6 Å². The first kappa shape index (κ1) is 22.6. The molecule has 1 saturated heterocycles. The Bertz CT molecular complexity index is 1180. The van der Waals surface area contributed by atoms with Crippen LogP contribution in [0.25, 0.3) is 11.0 Å². The smallest absolute Gasteiger partial charge is 0.273 e. The minimum atomic E-state index is -0.538. The minimum absolute atomic E-state index is 0.0662. The molecular formula is C25H32FN7O. The largest absolute Gasteiger partial charge is 0.369 e. The van der Waals surface area contributed by atoms with E-state index in [1.807, 2.05) is 16.7 Å². The summed E-state index contributed by atoms with van der Waals surface area (Å²) in [6.45, 7) is 4.15. The lowest BCUT2D eigenvalue weighted by Gasteiger charge is -2.34. The molecule has 2 aliphatic rings. The second-order valence-electron chi connectivity index (χ2n) is 9.56. The molecule has 1 aliphatic carbocycles. The molecule has 2 fully saturated rings. The number of halogens is 1. The Morgan fingerprint density at radius 3 is 2.41 bits per heavy atom. The van der Waals surface area contributed by atoms with Crippen LogP contribution in [0.4, 0.5) is 21.7 Å². The summed E-state index contributed by atoms with van der Waals surface area (Å²) in [6.07, 6.45) is 5.44. The van der Waals surface area contributed by atoms with Crippen LogP contribution in [0.2, 0.25) is 0 Å². The van der Waals surface area contributed by atoms with Crippen LogP contribution in [-0.2, 0) is 0 Å². The summed E-state index contributed by atoms with van der Waals surface area (Å²) in [7, 11) is 5.43. The van der Waals surface area contributed by atoms with Crippen molar-refractivity contribution in [3.05, 3.63) is 42.0 Å². The lowest BCUT2D eigenvalue weighted by molar-refractivity contribution is 0.0810. The van der Waals surface area contributed by atoms with Gasteiger partial charge in [0.2, 0.25) is 5.95 Å². The van der Waals surface area contributed by atoms with Gasteiger partial charge in [0.1, 0.15) is 11.3 Å². The zero-order valence-electron chi connectivity index (χ0n) is 20.1. The molecule has 9 heteroatoms. The Kier molecular flexibility index (Phi) is 6.12. The molecule has 3 heterocycles. The summed E-state index contributed by atoms with van der Waals surface area (Å²) >= 11 is 0. The zero-order chi connectivity index (χ0) is 23.8. The fourth-order valence-corrected chi connectivity index (χ4v) is 4.99. The molecule has 0 radical (unpaired) electrons. The summed E-state index contributed by atoms with van der Waals surface area (Å²) in [4.78, 5) is 28.0. The average molecular weight is 466 g/mol. The third kappa shape index (κ3) is 4.20. The number of hydrogen-bond acceptors (Lipinski definition) is 6. The van der Waals surface area contributed by atoms with Crippen LogP contribution in [0.3, 0.4) is 0 Å². The number of hydrogen-bond donors (Lipinski definition) is 1. The number of aromatic nitrogens is 3. The second-order valence-corrected chi connectivity index (χ2v) is 9.56. The first-order chi connectivity index (χ1) is 16.4. The summed E-state index contributed by atoms with van der Waals surface area (Å²) in [5.74, 6) is -0.500. The van der Waals surface area contributed by atoms with Gasteiger partial charge in [0.25, 0.3) is 5.91 Å². The van der Waals surface area contributed by atoms with Crippen molar-refractivity contribution in [1.82, 2.24) is 24.3 Å². The Morgan fingerprint density at radius 1 is 1.09 bits per heavy atom. The Hall–Kier alpha value is -3.20. The van der Waals surface area contributed by atoms with Crippen LogP contribution >= 0.6 is 0 Å². The third-order valence-corrected chi connectivity index (χ3v) is 6.97. The summed E-state index contributed by atoms with van der Waals surface area (Å²) in [5.41, 5.74) is 2.61. The number of likely N-dealkylation sites (N-methyl/N-ethyl adjacent to an activating group) is 1. The van der Waals surface area contributed by atoms with E-state index in [4.69, 9.17) is 0 Å². The number of nitrogens with zero attached hydrogens (tertiary/aromatic N) is 6. The van der Waals surface area contributed by atoms with Crippen molar-refractivity contribution in [2.45, 2.75) is 31.7 Å². The highest BCUT2D eigenvalue weighted by molar-refractivity contribution is 5.98. The van der Waals surface area contributed by atoms with Gasteiger partial charge in [0, 0.05) is 63.9 Å². The Labute approximate surface area is 199 Å². The van der Waals surface area contributed by atoms with E-state index in [9.17, 15) is 4.79 Å². The molecule has 0 unspecified atom stereocenters. The van der Waals surface area contributed by atoms with Crippen molar-refractivity contribution in [3.8, 4) is 0 Å². The summed E-state index contributed by atoms with van der Waals surface area (Å²) < 4.78 is 17.2. The normalized spacial score (nSPS) is 17.5. The maximum absolute atomic E-state index is 15.4. The van der Waals surface area contributed by atoms with Gasteiger partial charge in [0.15, 0.2) is 5.82 Å². The highest BCUT2D eigenvalue weighted by Crippen LogP contribution is 2.36. The number of fused-ring (bicyclic) bond motifs is 1. The fraction of sp³-hybridized carbons (Fsp3) is 0.480. The van der Waals surface area contributed by atoms with E-state index in [2.05, 4.69) is 44.3 Å². The van der Waals surface area contributed by atoms with Crippen molar-refractivity contribution < 1.29 is 9.18 Å². The third-order valence-electron chi connectivity index (χ3n) is 6.97. The Morgan fingerprint density at radius 2 is 1.76 bits per heavy atom. The molecule has 1 N–H and O–H groups in total. The van der Waals surface area contributed by atoms with Crippen LogP contribution in [0.1, 0.15) is 42.2 Å². The predicted octanol–water partition coefficient (Wildman–Crippen LogP) is 3.88. The van der Waals surface area contributed by atoms with Gasteiger partial charge in [-0.25, -0.2) is 9.37 Å². The predicted molar refractivity (Wildman–Crippen MR) is 132 cm³/mol. The van der Waals surface area contributed by atoms with E-state index in [-0.39, 0.29) is 23.0 Å². The molecule has 3 aromatic rings. The van der Waals surface area contributed by atoms with Crippen molar-refractivity contribution in [3.63, 3.8) is 0 Å². The molecule has 1 saturated carbocycles. The lowest BCUT2D eigenvalue weighted by Crippen LogP contribution is -2.44. The molecule has 0 spiro atoms. The van der Waals surface area contributed by atoms with E-state index in [0.717, 1.165) is 57.5 Å². The average Bonchev–Trinajstić information content (AvgIpc) is 3.46. The number of benzene rings is 1. The van der Waals surface area contributed by atoms with Gasteiger partial charge in [0.05, 0.1) is 5.39 Å².